The van der Waals surface area contributed by atoms with Crippen LogP contribution >= 0.6 is 0 Å². The summed E-state index contributed by atoms with van der Waals surface area (Å²) in [5.41, 5.74) is 0. The molecule has 48 valence electrons. The fourth-order valence-electron chi connectivity index (χ4n) is 0.657. The highest BCUT2D eigenvalue weighted by Crippen LogP contribution is 2.06. The summed E-state index contributed by atoms with van der Waals surface area (Å²) in [6, 6.07) is 0. The summed E-state index contributed by atoms with van der Waals surface area (Å²) in [4.78, 5) is 10.5. The minimum atomic E-state index is 0.0445. The van der Waals surface area contributed by atoms with Gasteiger partial charge < -0.3 is 4.74 Å². The average molecular weight is 124 g/mol. The van der Waals surface area contributed by atoms with Crippen LogP contribution in [0.3, 0.4) is 0 Å². The second-order valence-corrected chi connectivity index (χ2v) is 1.80. The molecule has 0 fully saturated rings. The maximum Gasteiger partial charge on any atom is 0.196 e. The first kappa shape index (κ1) is 6.08. The minimum Gasteiger partial charge on any atom is -0.485 e. The minimum absolute atomic E-state index is 0.0445. The lowest BCUT2D eigenvalue weighted by Crippen LogP contribution is -1.92. The van der Waals surface area contributed by atoms with Crippen LogP contribution in [0.4, 0.5) is 0 Å². The largest absolute Gasteiger partial charge is 0.485 e. The van der Waals surface area contributed by atoms with Crippen molar-refractivity contribution in [1.82, 2.24) is 0 Å². The predicted octanol–water partition coefficient (Wildman–Crippen LogP) is 1.05. The van der Waals surface area contributed by atoms with Gasteiger partial charge in [-0.15, -0.1) is 0 Å². The van der Waals surface area contributed by atoms with Gasteiger partial charge in [0.05, 0.1) is 0 Å². The molecule has 0 aromatic carbocycles. The second kappa shape index (κ2) is 2.49. The Balaban J connectivity index is 2.62. The van der Waals surface area contributed by atoms with Crippen LogP contribution in [0.5, 0.6) is 0 Å². The van der Waals surface area contributed by atoms with Gasteiger partial charge in [-0.3, -0.25) is 4.79 Å². The van der Waals surface area contributed by atoms with Gasteiger partial charge in [-0.1, -0.05) is 6.08 Å². The van der Waals surface area contributed by atoms with E-state index in [1.807, 2.05) is 13.0 Å². The smallest absolute Gasteiger partial charge is 0.196 e. The molecule has 0 bridgehead atoms. The van der Waals surface area contributed by atoms with E-state index < -0.39 is 0 Å². The van der Waals surface area contributed by atoms with E-state index in [0.29, 0.717) is 5.76 Å². The summed E-state index contributed by atoms with van der Waals surface area (Å²) in [5.74, 6) is 0.714. The summed E-state index contributed by atoms with van der Waals surface area (Å²) >= 11 is 0. The Bertz CT molecular complexity index is 177. The van der Waals surface area contributed by atoms with Crippen LogP contribution in [-0.4, -0.2) is 12.4 Å². The highest BCUT2D eigenvalue weighted by Gasteiger charge is 2.08. The molecule has 0 saturated carbocycles. The molecule has 9 heavy (non-hydrogen) atoms. The number of rotatable bonds is 1. The Morgan fingerprint density at radius 3 is 3.00 bits per heavy atom. The van der Waals surface area contributed by atoms with Gasteiger partial charge in [0, 0.05) is 6.08 Å². The molecule has 0 amide bonds. The van der Waals surface area contributed by atoms with Crippen LogP contribution in [0.2, 0.25) is 0 Å². The van der Waals surface area contributed by atoms with Crippen LogP contribution in [0.1, 0.15) is 6.92 Å². The van der Waals surface area contributed by atoms with E-state index in [1.165, 1.54) is 6.08 Å². The Kier molecular flexibility index (Phi) is 1.68. The number of allylic oxidation sites excluding steroid dienone is 2. The van der Waals surface area contributed by atoms with Gasteiger partial charge in [0.15, 0.2) is 12.4 Å². The second-order valence-electron chi connectivity index (χ2n) is 1.80. The van der Waals surface area contributed by atoms with E-state index in [0.717, 1.165) is 0 Å². The number of hydrogen-bond donors (Lipinski definition) is 0. The van der Waals surface area contributed by atoms with E-state index >= 15 is 0 Å². The average Bonchev–Trinajstić information content (AvgIpc) is 2.17. The number of carbonyl (C=O) groups is 1. The maximum absolute atomic E-state index is 10.5. The molecule has 0 unspecified atom stereocenters. The third-order valence-electron chi connectivity index (χ3n) is 1.02. The number of carbonyl (C=O) groups excluding carboxylic acids is 1. The molecule has 1 heterocycles. The van der Waals surface area contributed by atoms with Crippen molar-refractivity contribution in [1.29, 1.82) is 0 Å². The normalized spacial score (nSPS) is 18.3. The summed E-state index contributed by atoms with van der Waals surface area (Å²) in [6.45, 7) is 2.09. The monoisotopic (exact) mass is 124 g/mol. The molecule has 0 saturated heterocycles. The molecule has 0 atom stereocenters. The fourth-order valence-corrected chi connectivity index (χ4v) is 0.657. The summed E-state index contributed by atoms with van der Waals surface area (Å²) < 4.78 is 4.93. The SMILES string of the molecule is C/C=C/C1=CC(=O)CO1. The summed E-state index contributed by atoms with van der Waals surface area (Å²) in [7, 11) is 0. The van der Waals surface area contributed by atoms with E-state index in [4.69, 9.17) is 4.74 Å². The van der Waals surface area contributed by atoms with Gasteiger partial charge in [0.2, 0.25) is 0 Å². The lowest BCUT2D eigenvalue weighted by molar-refractivity contribution is -0.115. The van der Waals surface area contributed by atoms with Crippen LogP contribution in [0, 0.1) is 0 Å². The molecule has 0 aromatic heterocycles. The molecular formula is C7H8O2. The van der Waals surface area contributed by atoms with Crippen molar-refractivity contribution < 1.29 is 9.53 Å². The van der Waals surface area contributed by atoms with Crippen LogP contribution in [0.25, 0.3) is 0 Å². The van der Waals surface area contributed by atoms with Gasteiger partial charge in [0.25, 0.3) is 0 Å². The molecule has 1 rings (SSSR count). The van der Waals surface area contributed by atoms with Crippen molar-refractivity contribution in [2.75, 3.05) is 6.61 Å². The Morgan fingerprint density at radius 2 is 2.56 bits per heavy atom. The summed E-state index contributed by atoms with van der Waals surface area (Å²) in [6.07, 6.45) is 5.11. The van der Waals surface area contributed by atoms with Crippen LogP contribution in [-0.2, 0) is 9.53 Å². The highest BCUT2D eigenvalue weighted by molar-refractivity contribution is 5.93. The third kappa shape index (κ3) is 1.42. The van der Waals surface area contributed by atoms with E-state index in [2.05, 4.69) is 0 Å². The molecule has 0 aliphatic carbocycles. The number of hydrogen-bond acceptors (Lipinski definition) is 2. The third-order valence-corrected chi connectivity index (χ3v) is 1.02. The topological polar surface area (TPSA) is 26.3 Å². The molecule has 0 N–H and O–H groups in total. The first-order chi connectivity index (χ1) is 4.33. The zero-order valence-electron chi connectivity index (χ0n) is 5.26. The lowest BCUT2D eigenvalue weighted by Gasteiger charge is -1.91. The first-order valence-electron chi connectivity index (χ1n) is 2.83. The van der Waals surface area contributed by atoms with E-state index in [1.54, 1.807) is 6.08 Å². The van der Waals surface area contributed by atoms with Gasteiger partial charge in [-0.25, -0.2) is 0 Å². The van der Waals surface area contributed by atoms with Gasteiger partial charge in [0.1, 0.15) is 5.76 Å². The van der Waals surface area contributed by atoms with Crippen molar-refractivity contribution in [2.24, 2.45) is 0 Å². The van der Waals surface area contributed by atoms with E-state index in [-0.39, 0.29) is 12.4 Å². The Hall–Kier alpha value is -1.05. The molecule has 2 nitrogen and oxygen atoms in total. The first-order valence-corrected chi connectivity index (χ1v) is 2.83. The Morgan fingerprint density at radius 1 is 1.78 bits per heavy atom. The molecule has 2 heteroatoms. The van der Waals surface area contributed by atoms with Crippen molar-refractivity contribution in [2.45, 2.75) is 6.92 Å². The molecular weight excluding hydrogens is 116 g/mol. The zero-order chi connectivity index (χ0) is 6.69. The van der Waals surface area contributed by atoms with Gasteiger partial charge >= 0.3 is 0 Å². The fraction of sp³-hybridized carbons (Fsp3) is 0.286. The summed E-state index contributed by atoms with van der Waals surface area (Å²) in [5, 5.41) is 0. The molecule has 1 aliphatic rings. The molecule has 0 aromatic rings. The van der Waals surface area contributed by atoms with Gasteiger partial charge in [-0.2, -0.15) is 0 Å². The van der Waals surface area contributed by atoms with Crippen molar-refractivity contribution in [3.05, 3.63) is 24.0 Å². The standard InChI is InChI=1S/C7H8O2/c1-2-3-7-4-6(8)5-9-7/h2-4H,5H2,1H3/b3-2+. The predicted molar refractivity (Wildman–Crippen MR) is 33.9 cm³/mol. The van der Waals surface area contributed by atoms with E-state index in [9.17, 15) is 4.79 Å². The van der Waals surface area contributed by atoms with Crippen LogP contribution < -0.4 is 0 Å². The zero-order valence-corrected chi connectivity index (χ0v) is 5.26. The number of ether oxygens (including phenoxy) is 1. The number of ketones is 1. The molecule has 0 radical (unpaired) electrons. The van der Waals surface area contributed by atoms with Crippen molar-refractivity contribution in [3.8, 4) is 0 Å². The van der Waals surface area contributed by atoms with Crippen molar-refractivity contribution >= 4 is 5.78 Å². The lowest BCUT2D eigenvalue weighted by atomic mass is 10.4. The van der Waals surface area contributed by atoms with Gasteiger partial charge in [-0.05, 0) is 13.0 Å². The highest BCUT2D eigenvalue weighted by atomic mass is 16.5. The maximum atomic E-state index is 10.5. The van der Waals surface area contributed by atoms with Crippen molar-refractivity contribution in [3.63, 3.8) is 0 Å². The molecule has 0 spiro atoms. The quantitative estimate of drug-likeness (QED) is 0.522. The van der Waals surface area contributed by atoms with Crippen LogP contribution in [0.15, 0.2) is 24.0 Å². The Labute approximate surface area is 53.8 Å². The molecule has 1 aliphatic heterocycles.